The molecule has 1 heterocycles. The van der Waals surface area contributed by atoms with Crippen molar-refractivity contribution in [2.24, 2.45) is 11.1 Å². The molecular formula is C11H24N2O. The lowest BCUT2D eigenvalue weighted by atomic mass is 9.85. The van der Waals surface area contributed by atoms with E-state index in [2.05, 4.69) is 25.7 Å². The van der Waals surface area contributed by atoms with Gasteiger partial charge in [0.25, 0.3) is 0 Å². The summed E-state index contributed by atoms with van der Waals surface area (Å²) in [6.07, 6.45) is 1.13. The van der Waals surface area contributed by atoms with Crippen molar-refractivity contribution >= 4 is 0 Å². The van der Waals surface area contributed by atoms with Gasteiger partial charge in [-0.1, -0.05) is 20.8 Å². The standard InChI is InChI=1S/C11H24N2O/c1-11(2,3)10(9-12)13-5-4-7-14-8-6-13/h10H,4-9,12H2,1-3H3. The zero-order valence-electron chi connectivity index (χ0n) is 9.75. The fraction of sp³-hybridized carbons (Fsp3) is 1.00. The first-order valence-corrected chi connectivity index (χ1v) is 5.57. The average molecular weight is 200 g/mol. The summed E-state index contributed by atoms with van der Waals surface area (Å²) in [6.45, 7) is 11.4. The van der Waals surface area contributed by atoms with Gasteiger partial charge in [0.2, 0.25) is 0 Å². The molecule has 0 aromatic carbocycles. The minimum Gasteiger partial charge on any atom is -0.380 e. The Morgan fingerprint density at radius 2 is 2.00 bits per heavy atom. The second kappa shape index (κ2) is 5.10. The number of hydrogen-bond acceptors (Lipinski definition) is 3. The van der Waals surface area contributed by atoms with Crippen molar-refractivity contribution in [2.75, 3.05) is 32.8 Å². The van der Waals surface area contributed by atoms with E-state index >= 15 is 0 Å². The van der Waals surface area contributed by atoms with Gasteiger partial charge in [0.05, 0.1) is 6.61 Å². The van der Waals surface area contributed by atoms with Crippen LogP contribution >= 0.6 is 0 Å². The number of rotatable bonds is 2. The van der Waals surface area contributed by atoms with Gasteiger partial charge < -0.3 is 10.5 Å². The van der Waals surface area contributed by atoms with Gasteiger partial charge in [-0.15, -0.1) is 0 Å². The third-order valence-corrected chi connectivity index (χ3v) is 2.92. The maximum atomic E-state index is 5.86. The van der Waals surface area contributed by atoms with E-state index in [1.807, 2.05) is 0 Å². The van der Waals surface area contributed by atoms with Crippen molar-refractivity contribution < 1.29 is 4.74 Å². The Balaban J connectivity index is 2.58. The van der Waals surface area contributed by atoms with E-state index in [9.17, 15) is 0 Å². The van der Waals surface area contributed by atoms with Gasteiger partial charge in [-0.05, 0) is 11.8 Å². The summed E-state index contributed by atoms with van der Waals surface area (Å²) < 4.78 is 5.45. The predicted octanol–water partition coefficient (Wildman–Crippen LogP) is 1.08. The molecule has 0 bridgehead atoms. The third-order valence-electron chi connectivity index (χ3n) is 2.92. The van der Waals surface area contributed by atoms with Crippen molar-refractivity contribution in [1.82, 2.24) is 4.90 Å². The summed E-state index contributed by atoms with van der Waals surface area (Å²) in [6, 6.07) is 0.476. The fourth-order valence-electron chi connectivity index (χ4n) is 2.13. The molecule has 0 aromatic heterocycles. The molecule has 1 unspecified atom stereocenters. The highest BCUT2D eigenvalue weighted by atomic mass is 16.5. The first-order valence-electron chi connectivity index (χ1n) is 5.57. The van der Waals surface area contributed by atoms with E-state index in [4.69, 9.17) is 10.5 Å². The average Bonchev–Trinajstić information content (AvgIpc) is 2.31. The summed E-state index contributed by atoms with van der Waals surface area (Å²) in [4.78, 5) is 2.48. The van der Waals surface area contributed by atoms with Gasteiger partial charge in [-0.25, -0.2) is 0 Å². The Hall–Kier alpha value is -0.120. The Labute approximate surface area is 87.6 Å². The van der Waals surface area contributed by atoms with Crippen LogP contribution in [-0.2, 0) is 4.74 Å². The maximum absolute atomic E-state index is 5.86. The van der Waals surface area contributed by atoms with Gasteiger partial charge in [-0.3, -0.25) is 4.90 Å². The van der Waals surface area contributed by atoms with E-state index < -0.39 is 0 Å². The first-order chi connectivity index (χ1) is 6.55. The Bertz CT molecular complexity index is 157. The molecule has 0 spiro atoms. The molecule has 0 radical (unpaired) electrons. The number of hydrogen-bond donors (Lipinski definition) is 1. The summed E-state index contributed by atoms with van der Waals surface area (Å²) in [7, 11) is 0. The molecule has 0 saturated carbocycles. The summed E-state index contributed by atoms with van der Waals surface area (Å²) in [5.74, 6) is 0. The van der Waals surface area contributed by atoms with Crippen molar-refractivity contribution in [2.45, 2.75) is 33.2 Å². The molecule has 1 atom stereocenters. The molecule has 1 fully saturated rings. The van der Waals surface area contributed by atoms with Crippen LogP contribution < -0.4 is 5.73 Å². The summed E-state index contributed by atoms with van der Waals surface area (Å²) >= 11 is 0. The SMILES string of the molecule is CC(C)(C)C(CN)N1CCCOCC1. The Morgan fingerprint density at radius 1 is 1.29 bits per heavy atom. The van der Waals surface area contributed by atoms with Gasteiger partial charge in [0, 0.05) is 32.3 Å². The molecule has 0 amide bonds. The quantitative estimate of drug-likeness (QED) is 0.725. The summed E-state index contributed by atoms with van der Waals surface area (Å²) in [5, 5.41) is 0. The Kier molecular flexibility index (Phi) is 4.35. The second-order valence-corrected chi connectivity index (χ2v) is 5.12. The molecule has 1 saturated heterocycles. The number of ether oxygens (including phenoxy) is 1. The van der Waals surface area contributed by atoms with E-state index in [-0.39, 0.29) is 5.41 Å². The van der Waals surface area contributed by atoms with E-state index in [0.29, 0.717) is 6.04 Å². The van der Waals surface area contributed by atoms with Crippen molar-refractivity contribution in [3.63, 3.8) is 0 Å². The Morgan fingerprint density at radius 3 is 2.57 bits per heavy atom. The van der Waals surface area contributed by atoms with Crippen molar-refractivity contribution in [3.8, 4) is 0 Å². The van der Waals surface area contributed by atoms with E-state index in [0.717, 1.165) is 39.3 Å². The van der Waals surface area contributed by atoms with Crippen LogP contribution in [0.15, 0.2) is 0 Å². The second-order valence-electron chi connectivity index (χ2n) is 5.12. The third kappa shape index (κ3) is 3.23. The van der Waals surface area contributed by atoms with E-state index in [1.165, 1.54) is 0 Å². The lowest BCUT2D eigenvalue weighted by Gasteiger charge is -2.38. The largest absolute Gasteiger partial charge is 0.380 e. The molecule has 14 heavy (non-hydrogen) atoms. The lowest BCUT2D eigenvalue weighted by Crippen LogP contribution is -2.49. The van der Waals surface area contributed by atoms with Crippen LogP contribution in [-0.4, -0.2) is 43.8 Å². The lowest BCUT2D eigenvalue weighted by molar-refractivity contribution is 0.0923. The van der Waals surface area contributed by atoms with Crippen molar-refractivity contribution in [1.29, 1.82) is 0 Å². The minimum absolute atomic E-state index is 0.263. The molecule has 1 aliphatic heterocycles. The monoisotopic (exact) mass is 200 g/mol. The van der Waals surface area contributed by atoms with Crippen molar-refractivity contribution in [3.05, 3.63) is 0 Å². The van der Waals surface area contributed by atoms with Crippen LogP contribution in [0.1, 0.15) is 27.2 Å². The topological polar surface area (TPSA) is 38.5 Å². The zero-order chi connectivity index (χ0) is 10.6. The number of nitrogens with zero attached hydrogens (tertiary/aromatic N) is 1. The van der Waals surface area contributed by atoms with Gasteiger partial charge >= 0.3 is 0 Å². The molecule has 0 aromatic rings. The smallest absolute Gasteiger partial charge is 0.0593 e. The van der Waals surface area contributed by atoms with Crippen LogP contribution in [0.25, 0.3) is 0 Å². The molecule has 0 aliphatic carbocycles. The zero-order valence-corrected chi connectivity index (χ0v) is 9.75. The highest BCUT2D eigenvalue weighted by Gasteiger charge is 2.29. The molecule has 1 rings (SSSR count). The molecule has 1 aliphatic rings. The van der Waals surface area contributed by atoms with Gasteiger partial charge in [0.15, 0.2) is 0 Å². The predicted molar refractivity (Wildman–Crippen MR) is 59.3 cm³/mol. The molecule has 2 N–H and O–H groups in total. The fourth-order valence-corrected chi connectivity index (χ4v) is 2.13. The normalized spacial score (nSPS) is 23.1. The van der Waals surface area contributed by atoms with Gasteiger partial charge in [-0.2, -0.15) is 0 Å². The number of nitrogens with two attached hydrogens (primary N) is 1. The molecular weight excluding hydrogens is 176 g/mol. The molecule has 84 valence electrons. The van der Waals surface area contributed by atoms with Crippen LogP contribution in [0, 0.1) is 5.41 Å². The highest BCUT2D eigenvalue weighted by Crippen LogP contribution is 2.24. The van der Waals surface area contributed by atoms with Crippen LogP contribution in [0.3, 0.4) is 0 Å². The van der Waals surface area contributed by atoms with Crippen LogP contribution in [0.5, 0.6) is 0 Å². The first kappa shape index (κ1) is 12.0. The highest BCUT2D eigenvalue weighted by molar-refractivity contribution is 4.84. The van der Waals surface area contributed by atoms with Crippen LogP contribution in [0.4, 0.5) is 0 Å². The van der Waals surface area contributed by atoms with E-state index in [1.54, 1.807) is 0 Å². The molecule has 3 nitrogen and oxygen atoms in total. The van der Waals surface area contributed by atoms with Crippen LogP contribution in [0.2, 0.25) is 0 Å². The minimum atomic E-state index is 0.263. The maximum Gasteiger partial charge on any atom is 0.0593 e. The van der Waals surface area contributed by atoms with Gasteiger partial charge in [0.1, 0.15) is 0 Å². The summed E-state index contributed by atoms with van der Waals surface area (Å²) in [5.41, 5.74) is 6.12. The molecule has 3 heteroatoms.